The molecule has 0 saturated carbocycles. The van der Waals surface area contributed by atoms with Gasteiger partial charge in [-0.1, -0.05) is 44.2 Å². The lowest BCUT2D eigenvalue weighted by atomic mass is 9.91. The number of phenols is 1. The third-order valence-corrected chi connectivity index (χ3v) is 5.34. The molecule has 140 valence electrons. The fourth-order valence-electron chi connectivity index (χ4n) is 4.30. The number of phenolic OH excluding ortho intramolecular Hbond substituents is 1. The van der Waals surface area contributed by atoms with Crippen LogP contribution in [0.5, 0.6) is 11.5 Å². The van der Waals surface area contributed by atoms with E-state index in [4.69, 9.17) is 4.74 Å². The largest absolute Gasteiger partial charge is 0.507 e. The molecule has 0 amide bonds. The van der Waals surface area contributed by atoms with Crippen molar-refractivity contribution in [3.8, 4) is 11.5 Å². The maximum Gasteiger partial charge on any atom is 0.231 e. The number of nitrogens with zero attached hydrogens (tertiary/aromatic N) is 1. The van der Waals surface area contributed by atoms with Crippen molar-refractivity contribution in [1.29, 1.82) is 0 Å². The molecule has 27 heavy (non-hydrogen) atoms. The molecule has 0 bridgehead atoms. The fraction of sp³-hybridized carbons (Fsp3) is 0.348. The van der Waals surface area contributed by atoms with Gasteiger partial charge in [0.25, 0.3) is 0 Å². The van der Waals surface area contributed by atoms with E-state index in [9.17, 15) is 9.90 Å². The van der Waals surface area contributed by atoms with Gasteiger partial charge in [-0.15, -0.1) is 0 Å². The van der Waals surface area contributed by atoms with Gasteiger partial charge in [0, 0.05) is 19.6 Å². The zero-order valence-electron chi connectivity index (χ0n) is 15.8. The van der Waals surface area contributed by atoms with Crippen molar-refractivity contribution >= 4 is 11.9 Å². The van der Waals surface area contributed by atoms with E-state index in [1.807, 2.05) is 30.3 Å². The van der Waals surface area contributed by atoms with E-state index in [1.54, 1.807) is 18.2 Å². The van der Waals surface area contributed by atoms with Crippen LogP contribution in [0.1, 0.15) is 41.8 Å². The number of allylic oxidation sites excluding steroid dienone is 1. The average Bonchev–Trinajstić information content (AvgIpc) is 2.94. The van der Waals surface area contributed by atoms with Crippen LogP contribution in [0.4, 0.5) is 0 Å². The van der Waals surface area contributed by atoms with E-state index < -0.39 is 0 Å². The van der Waals surface area contributed by atoms with Crippen molar-refractivity contribution < 1.29 is 14.6 Å². The summed E-state index contributed by atoms with van der Waals surface area (Å²) in [4.78, 5) is 15.1. The third kappa shape index (κ3) is 3.62. The SMILES string of the molecule is CC1CC(C)CN(Cc2c(O)ccc3c2O/C(=C/c2ccccc2)C3=O)C1. The minimum Gasteiger partial charge on any atom is -0.507 e. The zero-order chi connectivity index (χ0) is 19.0. The average molecular weight is 363 g/mol. The zero-order valence-corrected chi connectivity index (χ0v) is 15.8. The predicted molar refractivity (Wildman–Crippen MR) is 106 cm³/mol. The van der Waals surface area contributed by atoms with E-state index in [1.165, 1.54) is 6.42 Å². The number of likely N-dealkylation sites (tertiary alicyclic amines) is 1. The third-order valence-electron chi connectivity index (χ3n) is 5.34. The van der Waals surface area contributed by atoms with Crippen molar-refractivity contribution in [2.24, 2.45) is 11.8 Å². The maximum atomic E-state index is 12.8. The highest BCUT2D eigenvalue weighted by Crippen LogP contribution is 2.40. The quantitative estimate of drug-likeness (QED) is 0.817. The smallest absolute Gasteiger partial charge is 0.231 e. The Morgan fingerprint density at radius 2 is 1.81 bits per heavy atom. The van der Waals surface area contributed by atoms with Crippen molar-refractivity contribution in [3.05, 3.63) is 64.9 Å². The molecular formula is C23H25NO3. The van der Waals surface area contributed by atoms with Crippen molar-refractivity contribution in [2.45, 2.75) is 26.8 Å². The second-order valence-electron chi connectivity index (χ2n) is 7.93. The van der Waals surface area contributed by atoms with E-state index in [0.717, 1.165) is 18.7 Å². The lowest BCUT2D eigenvalue weighted by Gasteiger charge is -2.35. The summed E-state index contributed by atoms with van der Waals surface area (Å²) < 4.78 is 5.96. The summed E-state index contributed by atoms with van der Waals surface area (Å²) in [6.45, 7) is 7.11. The Morgan fingerprint density at radius 3 is 2.52 bits per heavy atom. The molecule has 0 aromatic heterocycles. The summed E-state index contributed by atoms with van der Waals surface area (Å²) >= 11 is 0. The summed E-state index contributed by atoms with van der Waals surface area (Å²) in [7, 11) is 0. The van der Waals surface area contributed by atoms with Crippen LogP contribution in [0.25, 0.3) is 6.08 Å². The number of Topliss-reactive ketones (excluding diaryl/α,β-unsaturated/α-hetero) is 1. The Kier molecular flexibility index (Phi) is 4.75. The molecule has 0 aliphatic carbocycles. The molecule has 2 unspecified atom stereocenters. The first kappa shape index (κ1) is 17.8. The Labute approximate surface area is 160 Å². The second-order valence-corrected chi connectivity index (χ2v) is 7.93. The topological polar surface area (TPSA) is 49.8 Å². The van der Waals surface area contributed by atoms with E-state index in [2.05, 4.69) is 18.7 Å². The van der Waals surface area contributed by atoms with Gasteiger partial charge in [-0.2, -0.15) is 0 Å². The number of piperidine rings is 1. The highest BCUT2D eigenvalue weighted by Gasteiger charge is 2.32. The van der Waals surface area contributed by atoms with Gasteiger partial charge in [0.05, 0.1) is 11.1 Å². The van der Waals surface area contributed by atoms with Gasteiger partial charge in [-0.3, -0.25) is 9.69 Å². The second kappa shape index (κ2) is 7.20. The highest BCUT2D eigenvalue weighted by atomic mass is 16.5. The summed E-state index contributed by atoms with van der Waals surface area (Å²) in [5.41, 5.74) is 2.15. The van der Waals surface area contributed by atoms with Crippen LogP contribution in [0.2, 0.25) is 0 Å². The summed E-state index contributed by atoms with van der Waals surface area (Å²) in [6, 6.07) is 12.9. The van der Waals surface area contributed by atoms with Crippen LogP contribution < -0.4 is 4.74 Å². The molecule has 2 heterocycles. The van der Waals surface area contributed by atoms with Gasteiger partial charge in [-0.05, 0) is 42.0 Å². The summed E-state index contributed by atoms with van der Waals surface area (Å²) in [5.74, 6) is 2.13. The lowest BCUT2D eigenvalue weighted by molar-refractivity contribution is 0.101. The summed E-state index contributed by atoms with van der Waals surface area (Å²) in [5, 5.41) is 10.5. The molecule has 2 aliphatic heterocycles. The molecule has 2 aromatic rings. The molecule has 0 spiro atoms. The lowest BCUT2D eigenvalue weighted by Crippen LogP contribution is -2.38. The number of carbonyl (C=O) groups excluding carboxylic acids is 1. The van der Waals surface area contributed by atoms with Crippen molar-refractivity contribution in [2.75, 3.05) is 13.1 Å². The van der Waals surface area contributed by atoms with Crippen molar-refractivity contribution in [3.63, 3.8) is 0 Å². The maximum absolute atomic E-state index is 12.8. The molecular weight excluding hydrogens is 338 g/mol. The van der Waals surface area contributed by atoms with Crippen LogP contribution in [0, 0.1) is 11.8 Å². The van der Waals surface area contributed by atoms with E-state index in [0.29, 0.717) is 41.0 Å². The minimum atomic E-state index is -0.129. The molecule has 1 saturated heterocycles. The molecule has 0 radical (unpaired) electrons. The highest BCUT2D eigenvalue weighted by molar-refractivity contribution is 6.15. The van der Waals surface area contributed by atoms with Crippen LogP contribution in [-0.2, 0) is 6.54 Å². The molecule has 2 aliphatic rings. The normalized spacial score (nSPS) is 24.1. The Hall–Kier alpha value is -2.59. The van der Waals surface area contributed by atoms with Crippen LogP contribution >= 0.6 is 0 Å². The Morgan fingerprint density at radius 1 is 1.11 bits per heavy atom. The van der Waals surface area contributed by atoms with Crippen LogP contribution in [0.3, 0.4) is 0 Å². The first-order valence-electron chi connectivity index (χ1n) is 9.57. The number of hydrogen-bond donors (Lipinski definition) is 1. The van der Waals surface area contributed by atoms with E-state index in [-0.39, 0.29) is 11.5 Å². The van der Waals surface area contributed by atoms with Gasteiger partial charge < -0.3 is 9.84 Å². The van der Waals surface area contributed by atoms with E-state index >= 15 is 0 Å². The molecule has 2 atom stereocenters. The molecule has 1 fully saturated rings. The first-order valence-corrected chi connectivity index (χ1v) is 9.57. The standard InChI is InChI=1S/C23H25NO3/c1-15-10-16(2)13-24(12-15)14-19-20(25)9-8-18-22(26)21(27-23(18)19)11-17-6-4-3-5-7-17/h3-9,11,15-16,25H,10,12-14H2,1-2H3/b21-11+. The predicted octanol–water partition coefficient (Wildman–Crippen LogP) is 4.49. The van der Waals surface area contributed by atoms with Crippen LogP contribution in [-0.4, -0.2) is 28.9 Å². The van der Waals surface area contributed by atoms with Gasteiger partial charge in [0.2, 0.25) is 5.78 Å². The van der Waals surface area contributed by atoms with Crippen molar-refractivity contribution in [1.82, 2.24) is 4.90 Å². The number of carbonyl (C=O) groups is 1. The number of benzene rings is 2. The van der Waals surface area contributed by atoms with Crippen LogP contribution in [0.15, 0.2) is 48.2 Å². The Balaban J connectivity index is 1.64. The Bertz CT molecular complexity index is 878. The number of fused-ring (bicyclic) bond motifs is 1. The molecule has 4 nitrogen and oxygen atoms in total. The molecule has 4 rings (SSSR count). The summed E-state index contributed by atoms with van der Waals surface area (Å²) in [6.07, 6.45) is 2.99. The van der Waals surface area contributed by atoms with Gasteiger partial charge in [-0.25, -0.2) is 0 Å². The minimum absolute atomic E-state index is 0.129. The van der Waals surface area contributed by atoms with Gasteiger partial charge in [0.15, 0.2) is 5.76 Å². The van der Waals surface area contributed by atoms with Gasteiger partial charge >= 0.3 is 0 Å². The number of aromatic hydroxyl groups is 1. The molecule has 2 aromatic carbocycles. The number of rotatable bonds is 3. The van der Waals surface area contributed by atoms with Gasteiger partial charge in [0.1, 0.15) is 11.5 Å². The number of ketones is 1. The number of ether oxygens (including phenoxy) is 1. The number of hydrogen-bond acceptors (Lipinski definition) is 4. The molecule has 4 heteroatoms. The fourth-order valence-corrected chi connectivity index (χ4v) is 4.30. The monoisotopic (exact) mass is 363 g/mol. The first-order chi connectivity index (χ1) is 13.0. The molecule has 1 N–H and O–H groups in total.